The predicted octanol–water partition coefficient (Wildman–Crippen LogP) is 2.85. The molecular formula is C14H22N2. The van der Waals surface area contributed by atoms with Crippen molar-refractivity contribution in [2.45, 2.75) is 44.9 Å². The maximum Gasteiger partial charge on any atom is 0.0429 e. The zero-order valence-corrected chi connectivity index (χ0v) is 10.6. The Morgan fingerprint density at radius 2 is 1.94 bits per heavy atom. The first kappa shape index (κ1) is 11.6. The third kappa shape index (κ3) is 2.27. The Morgan fingerprint density at radius 3 is 2.44 bits per heavy atom. The number of nitrogens with zero attached hydrogens (tertiary/aromatic N) is 1. The molecule has 0 unspecified atom stereocenters. The minimum atomic E-state index is 0.327. The summed E-state index contributed by atoms with van der Waals surface area (Å²) in [6.07, 6.45) is 4.52. The fourth-order valence-electron chi connectivity index (χ4n) is 2.37. The topological polar surface area (TPSA) is 24.9 Å². The molecule has 1 aromatic rings. The van der Waals surface area contributed by atoms with Crippen molar-refractivity contribution in [2.24, 2.45) is 0 Å². The Hall–Kier alpha value is -0.890. The largest absolute Gasteiger partial charge is 0.317 e. The van der Waals surface area contributed by atoms with E-state index in [2.05, 4.69) is 49.4 Å². The summed E-state index contributed by atoms with van der Waals surface area (Å²) in [5, 5.41) is 3.42. The van der Waals surface area contributed by atoms with Gasteiger partial charge in [-0.15, -0.1) is 0 Å². The molecule has 1 N–H and O–H groups in total. The molecule has 0 aromatic carbocycles. The number of hydrogen-bond acceptors (Lipinski definition) is 2. The molecule has 1 saturated heterocycles. The monoisotopic (exact) mass is 218 g/mol. The summed E-state index contributed by atoms with van der Waals surface area (Å²) >= 11 is 0. The lowest BCUT2D eigenvalue weighted by Crippen LogP contribution is -2.37. The highest BCUT2D eigenvalue weighted by Crippen LogP contribution is 2.32. The molecule has 2 rings (SSSR count). The molecule has 0 aliphatic carbocycles. The van der Waals surface area contributed by atoms with Crippen LogP contribution in [-0.2, 0) is 5.41 Å². The van der Waals surface area contributed by atoms with Crippen molar-refractivity contribution in [1.82, 2.24) is 10.3 Å². The number of piperidine rings is 1. The third-order valence-electron chi connectivity index (χ3n) is 3.78. The molecule has 2 heteroatoms. The van der Waals surface area contributed by atoms with Gasteiger partial charge in [-0.25, -0.2) is 0 Å². The smallest absolute Gasteiger partial charge is 0.0429 e. The van der Waals surface area contributed by atoms with Crippen LogP contribution in [0.25, 0.3) is 0 Å². The minimum absolute atomic E-state index is 0.327. The number of aromatic nitrogens is 1. The predicted molar refractivity (Wildman–Crippen MR) is 67.8 cm³/mol. The molecule has 88 valence electrons. The molecule has 0 spiro atoms. The molecular weight excluding hydrogens is 196 g/mol. The van der Waals surface area contributed by atoms with Crippen LogP contribution < -0.4 is 5.32 Å². The summed E-state index contributed by atoms with van der Waals surface area (Å²) in [7, 11) is 0. The first-order chi connectivity index (χ1) is 7.62. The quantitative estimate of drug-likeness (QED) is 0.825. The molecule has 1 aromatic heterocycles. The van der Waals surface area contributed by atoms with Crippen LogP contribution in [0.4, 0.5) is 0 Å². The number of hydrogen-bond donors (Lipinski definition) is 1. The molecule has 2 nitrogen and oxygen atoms in total. The van der Waals surface area contributed by atoms with Crippen molar-refractivity contribution in [2.75, 3.05) is 13.1 Å². The number of nitrogens with one attached hydrogen (secondary N) is 1. The molecule has 0 amide bonds. The van der Waals surface area contributed by atoms with Crippen molar-refractivity contribution < 1.29 is 0 Å². The van der Waals surface area contributed by atoms with Crippen molar-refractivity contribution in [3.63, 3.8) is 0 Å². The highest BCUT2D eigenvalue weighted by molar-refractivity contribution is 5.24. The minimum Gasteiger partial charge on any atom is -0.317 e. The Morgan fingerprint density at radius 1 is 1.25 bits per heavy atom. The van der Waals surface area contributed by atoms with Gasteiger partial charge in [-0.2, -0.15) is 0 Å². The summed E-state index contributed by atoms with van der Waals surface area (Å²) in [6, 6.07) is 4.46. The van der Waals surface area contributed by atoms with Crippen molar-refractivity contribution in [3.05, 3.63) is 29.6 Å². The van der Waals surface area contributed by atoms with Gasteiger partial charge in [0.05, 0.1) is 0 Å². The number of rotatable bonds is 2. The molecule has 0 bridgehead atoms. The van der Waals surface area contributed by atoms with Gasteiger partial charge >= 0.3 is 0 Å². The van der Waals surface area contributed by atoms with Gasteiger partial charge in [-0.3, -0.25) is 4.98 Å². The van der Waals surface area contributed by atoms with Crippen LogP contribution in [0.15, 0.2) is 18.3 Å². The lowest BCUT2D eigenvalue weighted by Gasteiger charge is -2.34. The Kier molecular flexibility index (Phi) is 3.29. The van der Waals surface area contributed by atoms with Crippen molar-refractivity contribution in [1.29, 1.82) is 0 Å². The molecule has 0 radical (unpaired) electrons. The fraction of sp³-hybridized carbons (Fsp3) is 0.643. The molecule has 1 fully saturated rings. The fourth-order valence-corrected chi connectivity index (χ4v) is 2.37. The van der Waals surface area contributed by atoms with Crippen LogP contribution >= 0.6 is 0 Å². The summed E-state index contributed by atoms with van der Waals surface area (Å²) in [5.41, 5.74) is 2.92. The normalized spacial score (nSPS) is 20.0. The van der Waals surface area contributed by atoms with Crippen LogP contribution in [0.1, 0.15) is 50.8 Å². The lowest BCUT2D eigenvalue weighted by molar-refractivity contribution is 0.334. The molecule has 1 aliphatic rings. The van der Waals surface area contributed by atoms with E-state index in [9.17, 15) is 0 Å². The zero-order chi connectivity index (χ0) is 11.6. The summed E-state index contributed by atoms with van der Waals surface area (Å²) in [5.74, 6) is 0.523. The van der Waals surface area contributed by atoms with Gasteiger partial charge in [-0.05, 0) is 48.9 Å². The highest BCUT2D eigenvalue weighted by atomic mass is 14.9. The summed E-state index contributed by atoms with van der Waals surface area (Å²) in [6.45, 7) is 8.99. The molecule has 2 heterocycles. The Bertz CT molecular complexity index is 334. The van der Waals surface area contributed by atoms with Gasteiger partial charge in [0.25, 0.3) is 0 Å². The third-order valence-corrected chi connectivity index (χ3v) is 3.78. The second-order valence-electron chi connectivity index (χ2n) is 5.44. The van der Waals surface area contributed by atoms with E-state index in [1.165, 1.54) is 24.1 Å². The molecule has 0 atom stereocenters. The average molecular weight is 218 g/mol. The van der Waals surface area contributed by atoms with Gasteiger partial charge < -0.3 is 5.32 Å². The van der Waals surface area contributed by atoms with Gasteiger partial charge in [0, 0.05) is 11.9 Å². The van der Waals surface area contributed by atoms with Gasteiger partial charge in [0.2, 0.25) is 0 Å². The Labute approximate surface area is 98.5 Å². The van der Waals surface area contributed by atoms with E-state index < -0.39 is 0 Å². The van der Waals surface area contributed by atoms with Crippen LogP contribution in [0, 0.1) is 0 Å². The summed E-state index contributed by atoms with van der Waals surface area (Å²) in [4.78, 5) is 4.58. The number of pyridine rings is 1. The first-order valence-electron chi connectivity index (χ1n) is 6.29. The second-order valence-corrected chi connectivity index (χ2v) is 5.44. The van der Waals surface area contributed by atoms with Crippen LogP contribution in [0.5, 0.6) is 0 Å². The Balaban J connectivity index is 2.20. The standard InChI is InChI=1S/C14H22N2/c1-11(2)13-5-4-12(10-16-13)14(3)6-8-15-9-7-14/h4-5,10-11,15H,6-9H2,1-3H3. The molecule has 0 saturated carbocycles. The lowest BCUT2D eigenvalue weighted by atomic mass is 9.75. The second kappa shape index (κ2) is 4.54. The maximum atomic E-state index is 4.58. The molecule has 16 heavy (non-hydrogen) atoms. The van der Waals surface area contributed by atoms with E-state index in [1.54, 1.807) is 0 Å². The SMILES string of the molecule is CC(C)c1ccc(C2(C)CCNCC2)cn1. The molecule has 1 aliphatic heterocycles. The van der Waals surface area contributed by atoms with Gasteiger partial charge in [0.15, 0.2) is 0 Å². The van der Waals surface area contributed by atoms with E-state index >= 15 is 0 Å². The van der Waals surface area contributed by atoms with E-state index in [1.807, 2.05) is 0 Å². The van der Waals surface area contributed by atoms with Crippen molar-refractivity contribution in [3.8, 4) is 0 Å². The van der Waals surface area contributed by atoms with Crippen LogP contribution in [-0.4, -0.2) is 18.1 Å². The summed E-state index contributed by atoms with van der Waals surface area (Å²) < 4.78 is 0. The first-order valence-corrected chi connectivity index (χ1v) is 6.29. The van der Waals surface area contributed by atoms with Crippen molar-refractivity contribution >= 4 is 0 Å². The van der Waals surface area contributed by atoms with Gasteiger partial charge in [0.1, 0.15) is 0 Å². The van der Waals surface area contributed by atoms with Crippen LogP contribution in [0.2, 0.25) is 0 Å². The van der Waals surface area contributed by atoms with E-state index in [0.29, 0.717) is 11.3 Å². The van der Waals surface area contributed by atoms with E-state index in [0.717, 1.165) is 13.1 Å². The average Bonchev–Trinajstić information content (AvgIpc) is 2.30. The zero-order valence-electron chi connectivity index (χ0n) is 10.6. The van der Waals surface area contributed by atoms with Gasteiger partial charge in [-0.1, -0.05) is 26.8 Å². The van der Waals surface area contributed by atoms with E-state index in [-0.39, 0.29) is 0 Å². The maximum absolute atomic E-state index is 4.58. The van der Waals surface area contributed by atoms with E-state index in [4.69, 9.17) is 0 Å². The highest BCUT2D eigenvalue weighted by Gasteiger charge is 2.28. The van der Waals surface area contributed by atoms with Crippen LogP contribution in [0.3, 0.4) is 0 Å².